The van der Waals surface area contributed by atoms with Crippen molar-refractivity contribution >= 4 is 10.1 Å². The molecule has 1 N–H and O–H groups in total. The summed E-state index contributed by atoms with van der Waals surface area (Å²) in [5, 5.41) is 10.0. The van der Waals surface area contributed by atoms with Gasteiger partial charge in [-0.1, -0.05) is 58.8 Å². The Morgan fingerprint density at radius 3 is 1.70 bits per heavy atom. The summed E-state index contributed by atoms with van der Waals surface area (Å²) in [4.78, 5) is -2.05. The average molecular weight is 316 g/mol. The molecule has 0 aliphatic heterocycles. The van der Waals surface area contributed by atoms with Crippen molar-refractivity contribution in [1.29, 1.82) is 0 Å². The Bertz CT molecular complexity index is 319. The smallest absolute Gasteiger partial charge is 0.746 e. The second kappa shape index (κ2) is 12.4. The van der Waals surface area contributed by atoms with E-state index in [1.54, 1.807) is 0 Å². The summed E-state index contributed by atoms with van der Waals surface area (Å²) in [6, 6.07) is 0. The van der Waals surface area contributed by atoms with Gasteiger partial charge in [0.05, 0.1) is 0 Å². The number of hydrogen-bond acceptors (Lipinski definition) is 4. The van der Waals surface area contributed by atoms with Gasteiger partial charge in [0.1, 0.15) is 10.1 Å². The minimum absolute atomic E-state index is 0. The Balaban J connectivity index is 0. The van der Waals surface area contributed by atoms with Gasteiger partial charge in [0.15, 0.2) is 4.93 Å². The Labute approximate surface area is 146 Å². The molecule has 20 heavy (non-hydrogen) atoms. The molecular formula is C14H29NaO4S. The summed E-state index contributed by atoms with van der Waals surface area (Å²) in [7, 11) is -4.63. The van der Waals surface area contributed by atoms with E-state index >= 15 is 0 Å². The van der Waals surface area contributed by atoms with E-state index < -0.39 is 15.1 Å². The van der Waals surface area contributed by atoms with Crippen molar-refractivity contribution in [3.63, 3.8) is 0 Å². The number of unbranched alkanes of at least 4 members (excludes halogenated alkanes) is 7. The van der Waals surface area contributed by atoms with E-state index in [0.29, 0.717) is 12.8 Å². The second-order valence-corrected chi connectivity index (χ2v) is 7.04. The zero-order valence-electron chi connectivity index (χ0n) is 13.4. The van der Waals surface area contributed by atoms with Crippen LogP contribution in [0, 0.1) is 0 Å². The molecule has 116 valence electrons. The molecule has 0 bridgehead atoms. The first-order valence-corrected chi connectivity index (χ1v) is 8.96. The molecule has 0 heterocycles. The van der Waals surface area contributed by atoms with Gasteiger partial charge >= 0.3 is 29.6 Å². The molecule has 0 amide bonds. The van der Waals surface area contributed by atoms with Crippen molar-refractivity contribution in [2.45, 2.75) is 89.4 Å². The maximum absolute atomic E-state index is 11.2. The van der Waals surface area contributed by atoms with E-state index in [0.717, 1.165) is 25.7 Å². The minimum Gasteiger partial charge on any atom is -0.746 e. The van der Waals surface area contributed by atoms with Crippen LogP contribution in [0.25, 0.3) is 0 Å². The molecule has 0 aromatic rings. The van der Waals surface area contributed by atoms with Crippen molar-refractivity contribution in [2.75, 3.05) is 0 Å². The van der Waals surface area contributed by atoms with Crippen LogP contribution in [0.3, 0.4) is 0 Å². The summed E-state index contributed by atoms with van der Waals surface area (Å²) < 4.78 is 33.5. The van der Waals surface area contributed by atoms with E-state index in [9.17, 15) is 18.1 Å². The van der Waals surface area contributed by atoms with E-state index in [4.69, 9.17) is 0 Å². The van der Waals surface area contributed by atoms with Crippen LogP contribution in [0.1, 0.15) is 84.5 Å². The van der Waals surface area contributed by atoms with Crippen LogP contribution in [0.4, 0.5) is 0 Å². The molecule has 0 fully saturated rings. The fraction of sp³-hybridized carbons (Fsp3) is 1.00. The molecule has 0 rings (SSSR count). The maximum Gasteiger partial charge on any atom is 1.00 e. The number of rotatable bonds is 12. The third-order valence-corrected chi connectivity index (χ3v) is 4.90. The molecule has 0 aromatic heterocycles. The van der Waals surface area contributed by atoms with Gasteiger partial charge in [0.2, 0.25) is 0 Å². The molecule has 0 aliphatic carbocycles. The predicted octanol–water partition coefficient (Wildman–Crippen LogP) is 0.555. The van der Waals surface area contributed by atoms with Gasteiger partial charge in [0.25, 0.3) is 0 Å². The average Bonchev–Trinajstić information content (AvgIpc) is 2.34. The quantitative estimate of drug-likeness (QED) is 0.324. The molecule has 0 saturated heterocycles. The van der Waals surface area contributed by atoms with Crippen LogP contribution in [0.2, 0.25) is 0 Å². The summed E-state index contributed by atoms with van der Waals surface area (Å²) in [6.45, 7) is 4.07. The monoisotopic (exact) mass is 316 g/mol. The topological polar surface area (TPSA) is 77.4 Å². The molecular weight excluding hydrogens is 287 g/mol. The van der Waals surface area contributed by atoms with Crippen molar-refractivity contribution in [1.82, 2.24) is 0 Å². The third-order valence-electron chi connectivity index (χ3n) is 3.56. The van der Waals surface area contributed by atoms with Gasteiger partial charge < -0.3 is 9.66 Å². The molecule has 6 heteroatoms. The van der Waals surface area contributed by atoms with Crippen molar-refractivity contribution in [3.05, 3.63) is 0 Å². The molecule has 1 atom stereocenters. The largest absolute Gasteiger partial charge is 1.00 e. The Morgan fingerprint density at radius 2 is 1.25 bits per heavy atom. The Hall–Kier alpha value is 0.870. The van der Waals surface area contributed by atoms with Gasteiger partial charge in [-0.05, 0) is 25.7 Å². The van der Waals surface area contributed by atoms with Gasteiger partial charge in [-0.25, -0.2) is 8.42 Å². The Kier molecular flexibility index (Phi) is 14.4. The molecule has 4 nitrogen and oxygen atoms in total. The van der Waals surface area contributed by atoms with Gasteiger partial charge in [0, 0.05) is 0 Å². The molecule has 0 saturated carbocycles. The van der Waals surface area contributed by atoms with Crippen LogP contribution in [-0.2, 0) is 10.1 Å². The van der Waals surface area contributed by atoms with Gasteiger partial charge in [-0.15, -0.1) is 0 Å². The van der Waals surface area contributed by atoms with Crippen LogP contribution in [-0.4, -0.2) is 23.0 Å². The first-order valence-electron chi connectivity index (χ1n) is 7.55. The van der Waals surface area contributed by atoms with E-state index in [1.165, 1.54) is 19.3 Å². The summed E-state index contributed by atoms with van der Waals surface area (Å²) in [5.74, 6) is 0. The minimum atomic E-state index is -4.63. The van der Waals surface area contributed by atoms with Gasteiger partial charge in [-0.2, -0.15) is 0 Å². The van der Waals surface area contributed by atoms with Crippen LogP contribution in [0.15, 0.2) is 0 Å². The van der Waals surface area contributed by atoms with E-state index in [1.807, 2.05) is 6.92 Å². The SMILES string of the molecule is CCCCCCCCCC(O)(CCCC)S(=O)(=O)[O-].[Na+]. The summed E-state index contributed by atoms with van der Waals surface area (Å²) >= 11 is 0. The fourth-order valence-corrected chi connectivity index (χ4v) is 2.98. The standard InChI is InChI=1S/C14H30O4S.Na/c1-3-5-7-8-9-10-11-13-14(15,12-6-4-2)19(16,17)18;/h15H,3-13H2,1-2H3,(H,16,17,18);/q;+1/p-1. The summed E-state index contributed by atoms with van der Waals surface area (Å²) in [5.41, 5.74) is 0. The first kappa shape index (κ1) is 23.1. The Morgan fingerprint density at radius 1 is 0.850 bits per heavy atom. The second-order valence-electron chi connectivity index (χ2n) is 5.38. The predicted molar refractivity (Wildman–Crippen MR) is 76.8 cm³/mol. The van der Waals surface area contributed by atoms with Gasteiger partial charge in [-0.3, -0.25) is 0 Å². The van der Waals surface area contributed by atoms with Crippen LogP contribution < -0.4 is 29.6 Å². The maximum atomic E-state index is 11.2. The fourth-order valence-electron chi connectivity index (χ4n) is 2.19. The molecule has 0 aromatic carbocycles. The van der Waals surface area contributed by atoms with Crippen molar-refractivity contribution < 1.29 is 47.6 Å². The van der Waals surface area contributed by atoms with Crippen LogP contribution in [0.5, 0.6) is 0 Å². The first-order chi connectivity index (χ1) is 8.87. The zero-order valence-corrected chi connectivity index (χ0v) is 16.2. The molecule has 0 spiro atoms. The van der Waals surface area contributed by atoms with Crippen molar-refractivity contribution in [3.8, 4) is 0 Å². The zero-order chi connectivity index (χ0) is 14.8. The van der Waals surface area contributed by atoms with E-state index in [2.05, 4.69) is 6.92 Å². The summed E-state index contributed by atoms with van der Waals surface area (Å²) in [6.07, 6.45) is 8.79. The number of hydrogen-bond donors (Lipinski definition) is 1. The third kappa shape index (κ3) is 9.74. The van der Waals surface area contributed by atoms with E-state index in [-0.39, 0.29) is 42.4 Å². The molecule has 0 aliphatic rings. The number of aliphatic hydroxyl groups is 1. The molecule has 0 radical (unpaired) electrons. The van der Waals surface area contributed by atoms with Crippen LogP contribution >= 0.6 is 0 Å². The normalized spacial score (nSPS) is 14.6. The van der Waals surface area contributed by atoms with Crippen molar-refractivity contribution in [2.24, 2.45) is 0 Å². The molecule has 1 unspecified atom stereocenters.